The lowest BCUT2D eigenvalue weighted by molar-refractivity contribution is 0.812. The van der Waals surface area contributed by atoms with Crippen molar-refractivity contribution in [1.82, 2.24) is 20.2 Å². The fourth-order valence-electron chi connectivity index (χ4n) is 2.11. The molecule has 0 unspecified atom stereocenters. The standard InChI is InChI=1S/C14H15N5/c1-9-3-2-4-11-10(9)7-12(17-11)13-8-16-14(5-6-15)19-18-13/h2-4,7-8,17H,5-6,15H2,1H3. The molecule has 1 aromatic carbocycles. The van der Waals surface area contributed by atoms with Crippen LogP contribution >= 0.6 is 0 Å². The van der Waals surface area contributed by atoms with E-state index in [-0.39, 0.29) is 0 Å². The largest absolute Gasteiger partial charge is 0.353 e. The van der Waals surface area contributed by atoms with Gasteiger partial charge in [0.25, 0.3) is 0 Å². The van der Waals surface area contributed by atoms with E-state index in [2.05, 4.69) is 45.3 Å². The number of hydrogen-bond acceptors (Lipinski definition) is 4. The van der Waals surface area contributed by atoms with E-state index in [1.54, 1.807) is 6.20 Å². The molecule has 0 fully saturated rings. The quantitative estimate of drug-likeness (QED) is 0.746. The molecule has 0 saturated carbocycles. The van der Waals surface area contributed by atoms with Gasteiger partial charge in [0.2, 0.25) is 0 Å². The number of nitrogens with zero attached hydrogens (tertiary/aromatic N) is 3. The summed E-state index contributed by atoms with van der Waals surface area (Å²) in [6.07, 6.45) is 2.39. The highest BCUT2D eigenvalue weighted by Gasteiger charge is 2.07. The van der Waals surface area contributed by atoms with Gasteiger partial charge in [0.1, 0.15) is 5.69 Å². The van der Waals surface area contributed by atoms with Crippen LogP contribution < -0.4 is 5.73 Å². The molecular weight excluding hydrogens is 238 g/mol. The summed E-state index contributed by atoms with van der Waals surface area (Å²) in [7, 11) is 0. The van der Waals surface area contributed by atoms with E-state index in [4.69, 9.17) is 5.73 Å². The smallest absolute Gasteiger partial charge is 0.152 e. The van der Waals surface area contributed by atoms with Gasteiger partial charge in [-0.15, -0.1) is 10.2 Å². The van der Waals surface area contributed by atoms with Gasteiger partial charge in [-0.05, 0) is 31.2 Å². The zero-order valence-electron chi connectivity index (χ0n) is 10.7. The molecule has 0 radical (unpaired) electrons. The van der Waals surface area contributed by atoms with Gasteiger partial charge in [-0.25, -0.2) is 4.98 Å². The summed E-state index contributed by atoms with van der Waals surface area (Å²) in [5.74, 6) is 0.679. The molecule has 19 heavy (non-hydrogen) atoms. The SMILES string of the molecule is Cc1cccc2[nH]c(-c3cnc(CCN)nn3)cc12. The van der Waals surface area contributed by atoms with Crippen LogP contribution in [0.15, 0.2) is 30.5 Å². The Morgan fingerprint density at radius 3 is 2.84 bits per heavy atom. The predicted molar refractivity (Wildman–Crippen MR) is 74.6 cm³/mol. The van der Waals surface area contributed by atoms with Crippen LogP contribution in [-0.2, 0) is 6.42 Å². The molecule has 2 aromatic heterocycles. The molecule has 0 aliphatic heterocycles. The van der Waals surface area contributed by atoms with Gasteiger partial charge >= 0.3 is 0 Å². The molecule has 0 saturated heterocycles. The van der Waals surface area contributed by atoms with Crippen LogP contribution in [0.5, 0.6) is 0 Å². The molecule has 5 nitrogen and oxygen atoms in total. The second-order valence-corrected chi connectivity index (χ2v) is 4.52. The molecule has 3 aromatic rings. The van der Waals surface area contributed by atoms with E-state index in [9.17, 15) is 0 Å². The van der Waals surface area contributed by atoms with Gasteiger partial charge in [-0.1, -0.05) is 12.1 Å². The first-order valence-corrected chi connectivity index (χ1v) is 6.25. The van der Waals surface area contributed by atoms with Gasteiger partial charge < -0.3 is 10.7 Å². The van der Waals surface area contributed by atoms with E-state index in [1.807, 2.05) is 6.07 Å². The highest BCUT2D eigenvalue weighted by atomic mass is 15.2. The molecule has 0 bridgehead atoms. The number of aromatic nitrogens is 4. The molecule has 0 atom stereocenters. The minimum absolute atomic E-state index is 0.534. The summed E-state index contributed by atoms with van der Waals surface area (Å²) in [6, 6.07) is 8.26. The Morgan fingerprint density at radius 1 is 1.26 bits per heavy atom. The number of aromatic amines is 1. The number of hydrogen-bond donors (Lipinski definition) is 2. The van der Waals surface area contributed by atoms with Crippen molar-refractivity contribution in [2.24, 2.45) is 5.73 Å². The zero-order valence-corrected chi connectivity index (χ0v) is 10.7. The monoisotopic (exact) mass is 253 g/mol. The molecule has 3 N–H and O–H groups in total. The second kappa shape index (κ2) is 4.78. The minimum atomic E-state index is 0.534. The molecule has 0 aliphatic rings. The summed E-state index contributed by atoms with van der Waals surface area (Å²) >= 11 is 0. The number of H-pyrrole nitrogens is 1. The van der Waals surface area contributed by atoms with Gasteiger partial charge in [0, 0.05) is 17.3 Å². The van der Waals surface area contributed by atoms with Crippen LogP contribution in [0.4, 0.5) is 0 Å². The van der Waals surface area contributed by atoms with Crippen molar-refractivity contribution in [3.63, 3.8) is 0 Å². The van der Waals surface area contributed by atoms with Crippen molar-refractivity contribution in [2.45, 2.75) is 13.3 Å². The van der Waals surface area contributed by atoms with Gasteiger partial charge in [-0.2, -0.15) is 0 Å². The van der Waals surface area contributed by atoms with Crippen molar-refractivity contribution in [3.8, 4) is 11.4 Å². The Morgan fingerprint density at radius 2 is 2.16 bits per heavy atom. The highest BCUT2D eigenvalue weighted by molar-refractivity contribution is 5.87. The molecule has 5 heteroatoms. The fourth-order valence-corrected chi connectivity index (χ4v) is 2.11. The number of aryl methyl sites for hydroxylation is 1. The zero-order chi connectivity index (χ0) is 13.2. The van der Waals surface area contributed by atoms with E-state index >= 15 is 0 Å². The molecule has 0 aliphatic carbocycles. The van der Waals surface area contributed by atoms with Crippen molar-refractivity contribution in [3.05, 3.63) is 41.9 Å². The normalized spacial score (nSPS) is 11.1. The summed E-state index contributed by atoms with van der Waals surface area (Å²) < 4.78 is 0. The topological polar surface area (TPSA) is 80.5 Å². The first kappa shape index (κ1) is 11.8. The van der Waals surface area contributed by atoms with Crippen LogP contribution in [0.3, 0.4) is 0 Å². The molecule has 2 heterocycles. The summed E-state index contributed by atoms with van der Waals surface area (Å²) in [5, 5.41) is 9.47. The van der Waals surface area contributed by atoms with Crippen LogP contribution in [0, 0.1) is 6.92 Å². The molecule has 0 spiro atoms. The second-order valence-electron chi connectivity index (χ2n) is 4.52. The van der Waals surface area contributed by atoms with Gasteiger partial charge in [-0.3, -0.25) is 0 Å². The molecule has 0 amide bonds. The van der Waals surface area contributed by atoms with Crippen molar-refractivity contribution in [2.75, 3.05) is 6.54 Å². The van der Waals surface area contributed by atoms with Gasteiger partial charge in [0.15, 0.2) is 5.82 Å². The fraction of sp³-hybridized carbons (Fsp3) is 0.214. The molecule has 3 rings (SSSR count). The summed E-state index contributed by atoms with van der Waals surface area (Å²) in [6.45, 7) is 2.63. The van der Waals surface area contributed by atoms with Crippen molar-refractivity contribution < 1.29 is 0 Å². The Balaban J connectivity index is 2.01. The van der Waals surface area contributed by atoms with Gasteiger partial charge in [0.05, 0.1) is 11.9 Å². The molecular formula is C14H15N5. The number of benzene rings is 1. The van der Waals surface area contributed by atoms with Crippen LogP contribution in [-0.4, -0.2) is 26.7 Å². The highest BCUT2D eigenvalue weighted by Crippen LogP contribution is 2.24. The Hall–Kier alpha value is -2.27. The Bertz CT molecular complexity index is 699. The maximum Gasteiger partial charge on any atom is 0.152 e. The Labute approximate surface area is 110 Å². The lowest BCUT2D eigenvalue weighted by Gasteiger charge is -1.97. The van der Waals surface area contributed by atoms with Crippen molar-refractivity contribution >= 4 is 10.9 Å². The number of fused-ring (bicyclic) bond motifs is 1. The molecule has 96 valence electrons. The maximum atomic E-state index is 5.46. The van der Waals surface area contributed by atoms with Crippen molar-refractivity contribution in [1.29, 1.82) is 0 Å². The summed E-state index contributed by atoms with van der Waals surface area (Å²) in [5.41, 5.74) is 9.48. The number of nitrogens with two attached hydrogens (primary N) is 1. The van der Waals surface area contributed by atoms with E-state index in [0.717, 1.165) is 16.9 Å². The third-order valence-corrected chi connectivity index (χ3v) is 3.14. The summed E-state index contributed by atoms with van der Waals surface area (Å²) in [4.78, 5) is 7.60. The first-order chi connectivity index (χ1) is 9.28. The average Bonchev–Trinajstić information content (AvgIpc) is 2.85. The first-order valence-electron chi connectivity index (χ1n) is 6.25. The van der Waals surface area contributed by atoms with E-state index in [1.165, 1.54) is 10.9 Å². The third-order valence-electron chi connectivity index (χ3n) is 3.14. The lowest BCUT2D eigenvalue weighted by Crippen LogP contribution is -2.07. The van der Waals surface area contributed by atoms with Crippen LogP contribution in [0.1, 0.15) is 11.4 Å². The van der Waals surface area contributed by atoms with Crippen LogP contribution in [0.25, 0.3) is 22.3 Å². The third kappa shape index (κ3) is 2.20. The predicted octanol–water partition coefficient (Wildman–Crippen LogP) is 1.83. The maximum absolute atomic E-state index is 5.46. The average molecular weight is 253 g/mol. The van der Waals surface area contributed by atoms with Crippen LogP contribution in [0.2, 0.25) is 0 Å². The minimum Gasteiger partial charge on any atom is -0.353 e. The number of rotatable bonds is 3. The van der Waals surface area contributed by atoms with E-state index in [0.29, 0.717) is 18.8 Å². The van der Waals surface area contributed by atoms with E-state index < -0.39 is 0 Å². The number of nitrogens with one attached hydrogen (secondary N) is 1. The Kier molecular flexibility index (Phi) is 2.97. The lowest BCUT2D eigenvalue weighted by atomic mass is 10.1.